The first-order valence-corrected chi connectivity index (χ1v) is 12.3. The van der Waals surface area contributed by atoms with E-state index in [1.807, 2.05) is 13.8 Å². The number of hydrogen-bond donors (Lipinski definition) is 1. The normalized spacial score (nSPS) is 19.4. The lowest BCUT2D eigenvalue weighted by Gasteiger charge is -2.31. The van der Waals surface area contributed by atoms with Gasteiger partial charge in [0.15, 0.2) is 0 Å². The number of carbonyl (C=O) groups excluding carboxylic acids is 3. The van der Waals surface area contributed by atoms with Crippen molar-refractivity contribution < 1.29 is 19.1 Å². The van der Waals surface area contributed by atoms with Gasteiger partial charge in [-0.1, -0.05) is 19.3 Å². The second-order valence-electron chi connectivity index (χ2n) is 9.51. The van der Waals surface area contributed by atoms with Gasteiger partial charge in [-0.3, -0.25) is 19.2 Å². The Balaban J connectivity index is 1.81. The van der Waals surface area contributed by atoms with Crippen molar-refractivity contribution in [1.29, 1.82) is 0 Å². The van der Waals surface area contributed by atoms with E-state index in [1.165, 1.54) is 36.6 Å². The molecule has 2 heterocycles. The topological polar surface area (TPSA) is 97.7 Å². The molecule has 1 aliphatic heterocycles. The summed E-state index contributed by atoms with van der Waals surface area (Å²) in [6, 6.07) is -0.0318. The van der Waals surface area contributed by atoms with Gasteiger partial charge >= 0.3 is 5.97 Å². The molecule has 3 rings (SSSR count). The molecule has 182 valence electrons. The first kappa shape index (κ1) is 25.0. The number of pyridine rings is 1. The van der Waals surface area contributed by atoms with Crippen LogP contribution in [0.25, 0.3) is 0 Å². The molecule has 0 aromatic carbocycles. The van der Waals surface area contributed by atoms with Crippen LogP contribution in [0, 0.1) is 11.8 Å². The van der Waals surface area contributed by atoms with Crippen LogP contribution >= 0.6 is 0 Å². The fourth-order valence-electron chi connectivity index (χ4n) is 4.72. The highest BCUT2D eigenvalue weighted by Crippen LogP contribution is 2.23. The maximum atomic E-state index is 13.3. The zero-order valence-electron chi connectivity index (χ0n) is 20.1. The van der Waals surface area contributed by atoms with E-state index in [-0.39, 0.29) is 29.7 Å². The van der Waals surface area contributed by atoms with E-state index >= 15 is 0 Å². The van der Waals surface area contributed by atoms with Crippen molar-refractivity contribution in [3.8, 4) is 0 Å². The monoisotopic (exact) mass is 459 g/mol. The maximum Gasteiger partial charge on any atom is 0.310 e. The van der Waals surface area contributed by atoms with Gasteiger partial charge < -0.3 is 19.5 Å². The number of nitrogens with zero attached hydrogens (tertiary/aromatic N) is 2. The summed E-state index contributed by atoms with van der Waals surface area (Å²) in [5, 5.41) is 2.92. The molecule has 1 aromatic heterocycles. The van der Waals surface area contributed by atoms with Gasteiger partial charge in [-0.15, -0.1) is 0 Å². The largest absolute Gasteiger partial charge is 0.466 e. The summed E-state index contributed by atoms with van der Waals surface area (Å²) < 4.78 is 6.85. The van der Waals surface area contributed by atoms with Crippen LogP contribution in [0.1, 0.15) is 92.5 Å². The van der Waals surface area contributed by atoms with Crippen LogP contribution in [0.15, 0.2) is 17.2 Å². The molecule has 1 atom stereocenters. The third-order valence-corrected chi connectivity index (χ3v) is 6.72. The molecule has 1 saturated carbocycles. The molecule has 1 N–H and O–H groups in total. The van der Waals surface area contributed by atoms with E-state index in [2.05, 4.69) is 5.32 Å². The Kier molecular flexibility index (Phi) is 8.69. The van der Waals surface area contributed by atoms with E-state index in [0.29, 0.717) is 38.5 Å². The van der Waals surface area contributed by atoms with Gasteiger partial charge in [-0.25, -0.2) is 0 Å². The Bertz CT molecular complexity index is 917. The molecule has 1 aromatic rings. The summed E-state index contributed by atoms with van der Waals surface area (Å²) in [4.78, 5) is 53.2. The second kappa shape index (κ2) is 11.5. The molecule has 33 heavy (non-hydrogen) atoms. The van der Waals surface area contributed by atoms with E-state index in [0.717, 1.165) is 12.8 Å². The maximum absolute atomic E-state index is 13.3. The molecule has 1 saturated heterocycles. The number of ether oxygens (including phenoxy) is 1. The summed E-state index contributed by atoms with van der Waals surface area (Å²) in [5.74, 6) is -1.14. The highest BCUT2D eigenvalue weighted by Gasteiger charge is 2.32. The number of amides is 2. The molecule has 1 aliphatic carbocycles. The molecule has 8 heteroatoms. The zero-order valence-corrected chi connectivity index (χ0v) is 20.1. The van der Waals surface area contributed by atoms with E-state index < -0.39 is 23.2 Å². The summed E-state index contributed by atoms with van der Waals surface area (Å²) in [6.45, 7) is 7.14. The van der Waals surface area contributed by atoms with Crippen molar-refractivity contribution in [2.75, 3.05) is 26.2 Å². The van der Waals surface area contributed by atoms with Crippen LogP contribution in [0.4, 0.5) is 0 Å². The Morgan fingerprint density at radius 2 is 1.76 bits per heavy atom. The van der Waals surface area contributed by atoms with Crippen molar-refractivity contribution in [1.82, 2.24) is 14.8 Å². The van der Waals surface area contributed by atoms with E-state index in [4.69, 9.17) is 4.74 Å². The number of nitrogens with one attached hydrogen (secondary N) is 1. The minimum atomic E-state index is -0.559. The molecule has 0 radical (unpaired) electrons. The number of aromatic nitrogens is 1. The summed E-state index contributed by atoms with van der Waals surface area (Å²) in [5.41, 5.74) is -0.598. The summed E-state index contributed by atoms with van der Waals surface area (Å²) in [6.07, 6.45) is 10.1. The van der Waals surface area contributed by atoms with Gasteiger partial charge in [-0.05, 0) is 52.4 Å². The van der Waals surface area contributed by atoms with Gasteiger partial charge in [-0.2, -0.15) is 0 Å². The number of likely N-dealkylation sites (tertiary alicyclic amines) is 1. The fourth-order valence-corrected chi connectivity index (χ4v) is 4.72. The molecule has 2 amide bonds. The van der Waals surface area contributed by atoms with Gasteiger partial charge in [0.2, 0.25) is 5.43 Å². The molecule has 0 spiro atoms. The smallest absolute Gasteiger partial charge is 0.310 e. The SMILES string of the molecule is CCOC(=O)C1CCCN(C(=O)c2cn(C(C)C)cc(C(=O)NCC3CCCCC3)c2=O)C1. The first-order chi connectivity index (χ1) is 15.8. The molecule has 1 unspecified atom stereocenters. The van der Waals surface area contributed by atoms with Crippen LogP contribution in [0.5, 0.6) is 0 Å². The van der Waals surface area contributed by atoms with Crippen LogP contribution in [-0.4, -0.2) is 53.5 Å². The lowest BCUT2D eigenvalue weighted by Crippen LogP contribution is -2.45. The van der Waals surface area contributed by atoms with Crippen molar-refractivity contribution >= 4 is 17.8 Å². The lowest BCUT2D eigenvalue weighted by molar-refractivity contribution is -0.149. The molecule has 2 fully saturated rings. The standard InChI is InChI=1S/C25H37N3O5/c1-4-33-25(32)19-11-8-12-27(14-19)24(31)21-16-28(17(2)3)15-20(22(21)29)23(30)26-13-18-9-6-5-7-10-18/h15-19H,4-14H2,1-3H3,(H,26,30). The quantitative estimate of drug-likeness (QED) is 0.632. The zero-order chi connectivity index (χ0) is 24.0. The van der Waals surface area contributed by atoms with E-state index in [9.17, 15) is 19.2 Å². The van der Waals surface area contributed by atoms with Crippen LogP contribution in [-0.2, 0) is 9.53 Å². The Morgan fingerprint density at radius 3 is 2.42 bits per heavy atom. The minimum absolute atomic E-state index is 0.00990. The van der Waals surface area contributed by atoms with E-state index in [1.54, 1.807) is 11.5 Å². The predicted molar refractivity (Wildman–Crippen MR) is 125 cm³/mol. The minimum Gasteiger partial charge on any atom is -0.466 e. The number of rotatable bonds is 7. The Morgan fingerprint density at radius 1 is 1.06 bits per heavy atom. The fraction of sp³-hybridized carbons (Fsp3) is 0.680. The van der Waals surface area contributed by atoms with Crippen molar-refractivity contribution in [2.24, 2.45) is 11.8 Å². The van der Waals surface area contributed by atoms with Crippen LogP contribution in [0.2, 0.25) is 0 Å². The average molecular weight is 460 g/mol. The van der Waals surface area contributed by atoms with Crippen LogP contribution in [0.3, 0.4) is 0 Å². The number of esters is 1. The number of piperidine rings is 1. The van der Waals surface area contributed by atoms with Crippen molar-refractivity contribution in [2.45, 2.75) is 71.8 Å². The molecule has 8 nitrogen and oxygen atoms in total. The van der Waals surface area contributed by atoms with Crippen molar-refractivity contribution in [3.05, 3.63) is 33.7 Å². The average Bonchev–Trinajstić information content (AvgIpc) is 2.83. The summed E-state index contributed by atoms with van der Waals surface area (Å²) in [7, 11) is 0. The first-order valence-electron chi connectivity index (χ1n) is 12.3. The molecular formula is C25H37N3O5. The molecular weight excluding hydrogens is 422 g/mol. The second-order valence-corrected chi connectivity index (χ2v) is 9.51. The molecule has 2 aliphatic rings. The predicted octanol–water partition coefficient (Wildman–Crippen LogP) is 3.15. The summed E-state index contributed by atoms with van der Waals surface area (Å²) >= 11 is 0. The van der Waals surface area contributed by atoms with Crippen LogP contribution < -0.4 is 10.7 Å². The lowest BCUT2D eigenvalue weighted by atomic mass is 9.89. The number of hydrogen-bond acceptors (Lipinski definition) is 5. The van der Waals surface area contributed by atoms with Gasteiger partial charge in [0.1, 0.15) is 11.1 Å². The highest BCUT2D eigenvalue weighted by atomic mass is 16.5. The van der Waals surface area contributed by atoms with Gasteiger partial charge in [0.05, 0.1) is 12.5 Å². The Hall–Kier alpha value is -2.64. The Labute approximate surface area is 195 Å². The molecule has 0 bridgehead atoms. The third-order valence-electron chi connectivity index (χ3n) is 6.72. The highest BCUT2D eigenvalue weighted by molar-refractivity contribution is 5.99. The third kappa shape index (κ3) is 6.24. The number of carbonyl (C=O) groups is 3. The van der Waals surface area contributed by atoms with Gasteiger partial charge in [0.25, 0.3) is 11.8 Å². The van der Waals surface area contributed by atoms with Crippen molar-refractivity contribution in [3.63, 3.8) is 0 Å². The van der Waals surface area contributed by atoms with Gasteiger partial charge in [0, 0.05) is 38.1 Å².